The number of aryl methyl sites for hydroxylation is 1. The number of fused-ring (bicyclic) bond motifs is 5. The van der Waals surface area contributed by atoms with E-state index in [0.29, 0.717) is 73.2 Å². The van der Waals surface area contributed by atoms with Crippen molar-refractivity contribution < 1.29 is 41.5 Å². The molecule has 10 rings (SSSR count). The molecule has 5 aliphatic carbocycles. The van der Waals surface area contributed by atoms with Gasteiger partial charge in [0.2, 0.25) is 21.8 Å². The Hall–Kier alpha value is -4.27. The maximum atomic E-state index is 15.1. The topological polar surface area (TPSA) is 173 Å². The summed E-state index contributed by atoms with van der Waals surface area (Å²) >= 11 is 0. The Balaban J connectivity index is 0.988. The van der Waals surface area contributed by atoms with E-state index in [-0.39, 0.29) is 25.3 Å². The van der Waals surface area contributed by atoms with Crippen molar-refractivity contribution in [2.24, 2.45) is 11.8 Å². The lowest BCUT2D eigenvalue weighted by atomic mass is 9.86. The van der Waals surface area contributed by atoms with Crippen molar-refractivity contribution >= 4 is 44.7 Å². The second kappa shape index (κ2) is 13.4. The van der Waals surface area contributed by atoms with Crippen LogP contribution in [0.3, 0.4) is 0 Å². The number of allylic oxidation sites excluding steroid dienone is 1. The zero-order valence-electron chi connectivity index (χ0n) is 32.9. The quantitative estimate of drug-likeness (QED) is 0.312. The highest BCUT2D eigenvalue weighted by Crippen LogP contribution is 2.56. The molecule has 2 aromatic rings. The zero-order chi connectivity index (χ0) is 40.2. The fraction of sp³-hybridized carbons (Fsp3) is 0.651. The van der Waals surface area contributed by atoms with Gasteiger partial charge >= 0.3 is 6.09 Å². The van der Waals surface area contributed by atoms with E-state index in [2.05, 4.69) is 15.4 Å². The molecule has 1 saturated heterocycles. The summed E-state index contributed by atoms with van der Waals surface area (Å²) in [5, 5.41) is 6.55. The number of ether oxygens (including phenoxy) is 2. The van der Waals surface area contributed by atoms with Gasteiger partial charge in [-0.15, -0.1) is 0 Å². The largest absolute Gasteiger partial charge is 0.483 e. The number of benzene rings is 1. The highest BCUT2D eigenvalue weighted by molar-refractivity contribution is 7.91. The van der Waals surface area contributed by atoms with Gasteiger partial charge in [0.1, 0.15) is 45.9 Å². The minimum absolute atomic E-state index is 0.0309. The molecule has 13 nitrogen and oxygen atoms in total. The van der Waals surface area contributed by atoms with Gasteiger partial charge in [-0.1, -0.05) is 37.1 Å². The van der Waals surface area contributed by atoms with Crippen molar-refractivity contribution in [2.75, 3.05) is 6.54 Å². The van der Waals surface area contributed by atoms with Crippen LogP contribution in [0.4, 0.5) is 9.18 Å². The molecule has 310 valence electrons. The molecule has 0 bridgehead atoms. The monoisotopic (exact) mass is 817 g/mol. The number of sulfonamides is 1. The number of para-hydroxylation sites is 1. The number of hydrogen-bond acceptors (Lipinski definition) is 9. The predicted molar refractivity (Wildman–Crippen MR) is 209 cm³/mol. The molecule has 4 heterocycles. The Bertz CT molecular complexity index is 2250. The third-order valence-corrected chi connectivity index (χ3v) is 16.6. The van der Waals surface area contributed by atoms with E-state index in [4.69, 9.17) is 14.5 Å². The molecule has 1 aromatic carbocycles. The molecular weight excluding hydrogens is 766 g/mol. The molecule has 3 aliphatic heterocycles. The van der Waals surface area contributed by atoms with Gasteiger partial charge < -0.3 is 25.0 Å². The summed E-state index contributed by atoms with van der Waals surface area (Å²) < 4.78 is 55.9. The molecule has 0 unspecified atom stereocenters. The summed E-state index contributed by atoms with van der Waals surface area (Å²) in [5.41, 5.74) is -1.15. The van der Waals surface area contributed by atoms with Crippen molar-refractivity contribution in [3.8, 4) is 5.75 Å². The highest BCUT2D eigenvalue weighted by Gasteiger charge is 2.64. The number of aromatic nitrogens is 1. The van der Waals surface area contributed by atoms with Crippen LogP contribution in [0.1, 0.15) is 127 Å². The van der Waals surface area contributed by atoms with Crippen LogP contribution < -0.4 is 20.1 Å². The second-order valence-corrected chi connectivity index (χ2v) is 21.0. The third kappa shape index (κ3) is 6.63. The normalized spacial score (nSPS) is 32.9. The highest BCUT2D eigenvalue weighted by atomic mass is 32.2. The van der Waals surface area contributed by atoms with Crippen molar-refractivity contribution in [3.63, 3.8) is 0 Å². The van der Waals surface area contributed by atoms with Crippen LogP contribution in [0.25, 0.3) is 10.9 Å². The molecule has 58 heavy (non-hydrogen) atoms. The minimum atomic E-state index is -4.00. The first-order valence-corrected chi connectivity index (χ1v) is 22.9. The van der Waals surface area contributed by atoms with E-state index < -0.39 is 79.1 Å². The van der Waals surface area contributed by atoms with Gasteiger partial charge in [0, 0.05) is 29.2 Å². The van der Waals surface area contributed by atoms with Crippen molar-refractivity contribution in [1.82, 2.24) is 25.2 Å². The lowest BCUT2D eigenvalue weighted by Crippen LogP contribution is -2.58. The van der Waals surface area contributed by atoms with Crippen LogP contribution in [0.5, 0.6) is 5.75 Å². The van der Waals surface area contributed by atoms with Gasteiger partial charge in [-0.25, -0.2) is 22.6 Å². The van der Waals surface area contributed by atoms with Gasteiger partial charge in [0.25, 0.3) is 5.91 Å². The number of pyridine rings is 1. The van der Waals surface area contributed by atoms with Crippen LogP contribution in [0.15, 0.2) is 30.4 Å². The van der Waals surface area contributed by atoms with Crippen LogP contribution >= 0.6 is 0 Å². The minimum Gasteiger partial charge on any atom is -0.483 e. The molecule has 5 atom stereocenters. The van der Waals surface area contributed by atoms with Crippen molar-refractivity contribution in [2.45, 2.75) is 156 Å². The van der Waals surface area contributed by atoms with E-state index >= 15 is 4.39 Å². The molecule has 3 N–H and O–H groups in total. The lowest BCUT2D eigenvalue weighted by Gasteiger charge is -2.37. The number of rotatable bonds is 7. The maximum Gasteiger partial charge on any atom is 0.408 e. The SMILES string of the molecule is CC1(S(=O)(=O)NC(=O)[C@@]23C[C@H]2/C=C\CCCCC[C@H](NC(=O)OC2(C4CC4)CC2)C(=O)N2C[C@@]4(CCc5c(c(C6CC6)nc6c(F)cccc56)O4)C[C@H]2C(=O)N3)CC1. The number of nitrogens with one attached hydrogen (secondary N) is 3. The Morgan fingerprint density at radius 3 is 2.53 bits per heavy atom. The standard InChI is InChI=1S/C43H52FN5O8S/c1-40(18-19-40)58(54,55)48-38(52)43-22-27(43)8-5-3-2-4-6-11-31(45-39(53)57-42(20-21-42)26-14-15-26)37(51)49-24-41(23-32(49)36(50)47-43)17-16-29-28-9-7-10-30(44)34(28)46-33(25-12-13-25)35(29)56-41/h5,7-10,25-27,31-32H,2-4,6,11-24H2,1H3,(H,45,53)(H,47,50)(H,48,52)/b8-5-/t27-,31+,32+,41-,43-/m1/s1. The number of carbonyl (C=O) groups is 4. The average Bonchev–Trinajstić information content (AvgIpc) is 3.94. The number of hydrogen-bond donors (Lipinski definition) is 3. The molecule has 1 aromatic heterocycles. The number of carbonyl (C=O) groups excluding carboxylic acids is 4. The molecular formula is C43H52FN5O8S. The first-order chi connectivity index (χ1) is 27.7. The van der Waals surface area contributed by atoms with Crippen LogP contribution in [0, 0.1) is 17.7 Å². The van der Waals surface area contributed by atoms with Gasteiger partial charge in [-0.2, -0.15) is 0 Å². The number of amides is 4. The fourth-order valence-electron chi connectivity index (χ4n) is 9.86. The Morgan fingerprint density at radius 2 is 1.81 bits per heavy atom. The van der Waals surface area contributed by atoms with Crippen LogP contribution in [-0.2, 0) is 35.6 Å². The summed E-state index contributed by atoms with van der Waals surface area (Å²) in [6, 6.07) is 2.82. The van der Waals surface area contributed by atoms with E-state index in [9.17, 15) is 27.6 Å². The summed E-state index contributed by atoms with van der Waals surface area (Å²) in [4.78, 5) is 63.6. The Kier molecular flexibility index (Phi) is 8.75. The van der Waals surface area contributed by atoms with E-state index in [0.717, 1.165) is 56.9 Å². The molecule has 0 radical (unpaired) electrons. The maximum absolute atomic E-state index is 15.1. The smallest absolute Gasteiger partial charge is 0.408 e. The summed E-state index contributed by atoms with van der Waals surface area (Å²) in [6.07, 6.45) is 14.0. The predicted octanol–water partition coefficient (Wildman–Crippen LogP) is 5.35. The molecule has 6 fully saturated rings. The first-order valence-electron chi connectivity index (χ1n) is 21.4. The fourth-order valence-corrected chi connectivity index (χ4v) is 11.2. The molecule has 15 heteroatoms. The van der Waals surface area contributed by atoms with E-state index in [1.165, 1.54) is 11.0 Å². The Labute approximate surface area is 337 Å². The molecule has 8 aliphatic rings. The zero-order valence-corrected chi connectivity index (χ0v) is 33.8. The van der Waals surface area contributed by atoms with E-state index in [1.807, 2.05) is 18.2 Å². The molecule has 1 spiro atoms. The van der Waals surface area contributed by atoms with E-state index in [1.54, 1.807) is 13.0 Å². The molecule has 5 saturated carbocycles. The van der Waals surface area contributed by atoms with Crippen molar-refractivity contribution in [3.05, 3.63) is 47.4 Å². The van der Waals surface area contributed by atoms with Gasteiger partial charge in [-0.3, -0.25) is 19.1 Å². The number of halogens is 1. The summed E-state index contributed by atoms with van der Waals surface area (Å²) in [7, 11) is -4.00. The second-order valence-electron chi connectivity index (χ2n) is 18.8. The third-order valence-electron chi connectivity index (χ3n) is 14.4. The molecule has 4 amide bonds. The van der Waals surface area contributed by atoms with Gasteiger partial charge in [0.15, 0.2) is 0 Å². The van der Waals surface area contributed by atoms with Gasteiger partial charge in [-0.05, 0) is 109 Å². The van der Waals surface area contributed by atoms with Gasteiger partial charge in [0.05, 0.1) is 17.0 Å². The van der Waals surface area contributed by atoms with Crippen molar-refractivity contribution in [1.29, 1.82) is 0 Å². The lowest BCUT2D eigenvalue weighted by molar-refractivity contribution is -0.141. The number of nitrogens with zero attached hydrogens (tertiary/aromatic N) is 2. The number of alkyl carbamates (subject to hydrolysis) is 1. The average molecular weight is 818 g/mol. The Morgan fingerprint density at radius 1 is 1.02 bits per heavy atom. The van der Waals surface area contributed by atoms with Crippen LogP contribution in [-0.4, -0.2) is 82.2 Å². The summed E-state index contributed by atoms with van der Waals surface area (Å²) in [6.45, 7) is 1.63. The van der Waals surface area contributed by atoms with Crippen LogP contribution in [0.2, 0.25) is 0 Å². The first kappa shape index (κ1) is 38.0. The summed E-state index contributed by atoms with van der Waals surface area (Å²) in [5.74, 6) is -1.61.